The SMILES string of the molecule is Cc1cnoc1C(=O)NCC1(C(=O)O)CCCC1. The largest absolute Gasteiger partial charge is 0.481 e. The van der Waals surface area contributed by atoms with Crippen molar-refractivity contribution in [2.45, 2.75) is 32.6 Å². The van der Waals surface area contributed by atoms with Crippen LogP contribution in [-0.2, 0) is 4.79 Å². The fourth-order valence-corrected chi connectivity index (χ4v) is 2.36. The molecule has 2 rings (SSSR count). The van der Waals surface area contributed by atoms with Gasteiger partial charge in [-0.15, -0.1) is 0 Å². The highest BCUT2D eigenvalue weighted by Gasteiger charge is 2.41. The van der Waals surface area contributed by atoms with Gasteiger partial charge in [-0.05, 0) is 19.8 Å². The first kappa shape index (κ1) is 12.6. The maximum Gasteiger partial charge on any atom is 0.311 e. The number of carbonyl (C=O) groups excluding carboxylic acids is 1. The lowest BCUT2D eigenvalue weighted by molar-refractivity contribution is -0.148. The fraction of sp³-hybridized carbons (Fsp3) is 0.583. The number of aryl methyl sites for hydroxylation is 1. The molecule has 0 unspecified atom stereocenters. The lowest BCUT2D eigenvalue weighted by atomic mass is 9.86. The van der Waals surface area contributed by atoms with Gasteiger partial charge < -0.3 is 14.9 Å². The number of carbonyl (C=O) groups is 2. The van der Waals surface area contributed by atoms with E-state index in [0.717, 1.165) is 12.8 Å². The first-order valence-corrected chi connectivity index (χ1v) is 5.98. The molecule has 98 valence electrons. The smallest absolute Gasteiger partial charge is 0.311 e. The standard InChI is InChI=1S/C12H16N2O4/c1-8-6-14-18-9(8)10(15)13-7-12(11(16)17)4-2-3-5-12/h6H,2-5,7H2,1H3,(H,13,15)(H,16,17). The predicted octanol–water partition coefficient (Wildman–Crippen LogP) is 1.36. The Bertz CT molecular complexity index is 460. The summed E-state index contributed by atoms with van der Waals surface area (Å²) in [4.78, 5) is 23.1. The van der Waals surface area contributed by atoms with E-state index in [-0.39, 0.29) is 12.3 Å². The number of aliphatic carboxylic acids is 1. The van der Waals surface area contributed by atoms with Gasteiger partial charge in [-0.2, -0.15) is 0 Å². The number of hydrogen-bond acceptors (Lipinski definition) is 4. The van der Waals surface area contributed by atoms with E-state index < -0.39 is 17.3 Å². The van der Waals surface area contributed by atoms with Crippen molar-refractivity contribution in [1.82, 2.24) is 10.5 Å². The van der Waals surface area contributed by atoms with Crippen LogP contribution in [0.3, 0.4) is 0 Å². The maximum atomic E-state index is 11.8. The quantitative estimate of drug-likeness (QED) is 0.844. The Labute approximate surface area is 104 Å². The molecule has 2 N–H and O–H groups in total. The minimum absolute atomic E-state index is 0.140. The van der Waals surface area contributed by atoms with Crippen molar-refractivity contribution in [2.75, 3.05) is 6.54 Å². The van der Waals surface area contributed by atoms with E-state index in [1.165, 1.54) is 6.20 Å². The Hall–Kier alpha value is -1.85. The number of carboxylic acids is 1. The highest BCUT2D eigenvalue weighted by Crippen LogP contribution is 2.37. The summed E-state index contributed by atoms with van der Waals surface area (Å²) >= 11 is 0. The number of hydrogen-bond donors (Lipinski definition) is 2. The van der Waals surface area contributed by atoms with Crippen molar-refractivity contribution in [3.8, 4) is 0 Å². The second kappa shape index (κ2) is 4.80. The third-order valence-corrected chi connectivity index (χ3v) is 3.56. The third-order valence-electron chi connectivity index (χ3n) is 3.56. The summed E-state index contributed by atoms with van der Waals surface area (Å²) in [6.07, 6.45) is 4.46. The molecule has 0 saturated heterocycles. The maximum absolute atomic E-state index is 11.8. The first-order valence-electron chi connectivity index (χ1n) is 5.98. The van der Waals surface area contributed by atoms with Gasteiger partial charge in [0.2, 0.25) is 5.76 Å². The van der Waals surface area contributed by atoms with E-state index in [1.54, 1.807) is 6.92 Å². The molecule has 0 atom stereocenters. The molecular formula is C12H16N2O4. The van der Waals surface area contributed by atoms with Crippen molar-refractivity contribution in [1.29, 1.82) is 0 Å². The molecule has 0 radical (unpaired) electrons. The normalized spacial score (nSPS) is 17.6. The molecule has 0 bridgehead atoms. The molecule has 0 aromatic carbocycles. The van der Waals surface area contributed by atoms with Gasteiger partial charge in [0.25, 0.3) is 5.91 Å². The van der Waals surface area contributed by atoms with Crippen LogP contribution in [-0.4, -0.2) is 28.7 Å². The second-order valence-electron chi connectivity index (χ2n) is 4.81. The fourth-order valence-electron chi connectivity index (χ4n) is 2.36. The van der Waals surface area contributed by atoms with Crippen molar-refractivity contribution in [3.63, 3.8) is 0 Å². The van der Waals surface area contributed by atoms with Gasteiger partial charge in [-0.25, -0.2) is 0 Å². The zero-order valence-electron chi connectivity index (χ0n) is 10.2. The van der Waals surface area contributed by atoms with Gasteiger partial charge in [-0.3, -0.25) is 9.59 Å². The molecule has 1 saturated carbocycles. The van der Waals surface area contributed by atoms with Crippen LogP contribution in [0.4, 0.5) is 0 Å². The van der Waals surface area contributed by atoms with Crippen LogP contribution in [0.25, 0.3) is 0 Å². The summed E-state index contributed by atoms with van der Waals surface area (Å²) < 4.78 is 4.83. The van der Waals surface area contributed by atoms with E-state index in [2.05, 4.69) is 10.5 Å². The van der Waals surface area contributed by atoms with E-state index in [0.29, 0.717) is 18.4 Å². The van der Waals surface area contributed by atoms with Crippen molar-refractivity contribution < 1.29 is 19.2 Å². The lowest BCUT2D eigenvalue weighted by Crippen LogP contribution is -2.41. The van der Waals surface area contributed by atoms with Crippen LogP contribution >= 0.6 is 0 Å². The number of amides is 1. The van der Waals surface area contributed by atoms with Crippen LogP contribution < -0.4 is 5.32 Å². The Balaban J connectivity index is 2.01. The molecule has 6 heteroatoms. The monoisotopic (exact) mass is 252 g/mol. The number of rotatable bonds is 4. The summed E-state index contributed by atoms with van der Waals surface area (Å²) in [7, 11) is 0. The highest BCUT2D eigenvalue weighted by atomic mass is 16.5. The Morgan fingerprint density at radius 1 is 1.50 bits per heavy atom. The Morgan fingerprint density at radius 2 is 2.17 bits per heavy atom. The summed E-state index contributed by atoms with van der Waals surface area (Å²) in [5.74, 6) is -1.10. The van der Waals surface area contributed by atoms with Crippen LogP contribution in [0.15, 0.2) is 10.7 Å². The summed E-state index contributed by atoms with van der Waals surface area (Å²) in [5, 5.41) is 15.4. The van der Waals surface area contributed by atoms with Crippen molar-refractivity contribution >= 4 is 11.9 Å². The van der Waals surface area contributed by atoms with E-state index in [1.807, 2.05) is 0 Å². The number of aromatic nitrogens is 1. The van der Waals surface area contributed by atoms with Crippen LogP contribution in [0.1, 0.15) is 41.8 Å². The Kier molecular flexibility index (Phi) is 3.36. The van der Waals surface area contributed by atoms with Gasteiger partial charge in [0.05, 0.1) is 11.6 Å². The van der Waals surface area contributed by atoms with Gasteiger partial charge in [0.15, 0.2) is 0 Å². The minimum Gasteiger partial charge on any atom is -0.481 e. The van der Waals surface area contributed by atoms with E-state index >= 15 is 0 Å². The number of nitrogens with one attached hydrogen (secondary N) is 1. The first-order chi connectivity index (χ1) is 8.55. The summed E-state index contributed by atoms with van der Waals surface area (Å²) in [6, 6.07) is 0. The van der Waals surface area contributed by atoms with Crippen LogP contribution in [0.2, 0.25) is 0 Å². The molecule has 1 fully saturated rings. The van der Waals surface area contributed by atoms with Crippen LogP contribution in [0, 0.1) is 12.3 Å². The molecule has 1 aliphatic rings. The molecule has 6 nitrogen and oxygen atoms in total. The molecule has 0 spiro atoms. The van der Waals surface area contributed by atoms with Crippen molar-refractivity contribution in [3.05, 3.63) is 17.5 Å². The highest BCUT2D eigenvalue weighted by molar-refractivity contribution is 5.93. The molecule has 1 heterocycles. The van der Waals surface area contributed by atoms with Gasteiger partial charge >= 0.3 is 5.97 Å². The number of carboxylic acid groups (broad SMARTS) is 1. The molecule has 0 aliphatic heterocycles. The molecule has 1 amide bonds. The molecular weight excluding hydrogens is 236 g/mol. The van der Waals surface area contributed by atoms with Gasteiger partial charge in [-0.1, -0.05) is 18.0 Å². The third kappa shape index (κ3) is 2.23. The van der Waals surface area contributed by atoms with E-state index in [4.69, 9.17) is 4.52 Å². The van der Waals surface area contributed by atoms with Crippen molar-refractivity contribution in [2.24, 2.45) is 5.41 Å². The van der Waals surface area contributed by atoms with Crippen LogP contribution in [0.5, 0.6) is 0 Å². The van der Waals surface area contributed by atoms with Gasteiger partial charge in [0, 0.05) is 12.1 Å². The molecule has 1 aliphatic carbocycles. The van der Waals surface area contributed by atoms with E-state index in [9.17, 15) is 14.7 Å². The summed E-state index contributed by atoms with van der Waals surface area (Å²) in [6.45, 7) is 1.86. The second-order valence-corrected chi connectivity index (χ2v) is 4.81. The predicted molar refractivity (Wildman–Crippen MR) is 62.1 cm³/mol. The number of nitrogens with zero attached hydrogens (tertiary/aromatic N) is 1. The molecule has 1 aromatic rings. The average Bonchev–Trinajstić information content (AvgIpc) is 2.95. The molecule has 18 heavy (non-hydrogen) atoms. The average molecular weight is 252 g/mol. The Morgan fingerprint density at radius 3 is 2.67 bits per heavy atom. The molecule has 1 aromatic heterocycles. The zero-order chi connectivity index (χ0) is 13.2. The topological polar surface area (TPSA) is 92.4 Å². The lowest BCUT2D eigenvalue weighted by Gasteiger charge is -2.23. The zero-order valence-corrected chi connectivity index (χ0v) is 10.2. The van der Waals surface area contributed by atoms with Gasteiger partial charge in [0.1, 0.15) is 0 Å². The minimum atomic E-state index is -0.838. The summed E-state index contributed by atoms with van der Waals surface area (Å²) in [5.41, 5.74) is -0.174.